The van der Waals surface area contributed by atoms with Gasteiger partial charge in [-0.25, -0.2) is 0 Å². The average Bonchev–Trinajstić information content (AvgIpc) is 2.26. The maximum atomic E-state index is 11.7. The van der Waals surface area contributed by atoms with Crippen LogP contribution in [0, 0.1) is 11.3 Å². The number of amides is 2. The van der Waals surface area contributed by atoms with Crippen LogP contribution in [0.1, 0.15) is 48.0 Å². The Labute approximate surface area is 116 Å². The van der Waals surface area contributed by atoms with Crippen molar-refractivity contribution >= 4 is 11.8 Å². The number of hydrogen-bond acceptors (Lipinski definition) is 3. The van der Waals surface area contributed by atoms with E-state index in [-0.39, 0.29) is 17.7 Å². The molecule has 0 bridgehead atoms. The maximum Gasteiger partial charge on any atom is 0.242 e. The number of nitrogens with one attached hydrogen (secondary N) is 2. The summed E-state index contributed by atoms with van der Waals surface area (Å²) in [6.07, 6.45) is 0.100. The van der Waals surface area contributed by atoms with Gasteiger partial charge in [-0.05, 0) is 19.3 Å². The van der Waals surface area contributed by atoms with Gasteiger partial charge in [0.1, 0.15) is 6.04 Å². The minimum atomic E-state index is -0.567. The first kappa shape index (κ1) is 17.9. The lowest BCUT2D eigenvalue weighted by Gasteiger charge is -2.22. The third-order valence-corrected chi connectivity index (χ3v) is 2.93. The lowest BCUT2D eigenvalue weighted by molar-refractivity contribution is -0.133. The normalized spacial score (nSPS) is 14.9. The van der Waals surface area contributed by atoms with Gasteiger partial charge < -0.3 is 15.7 Å². The molecule has 0 aromatic carbocycles. The van der Waals surface area contributed by atoms with E-state index in [9.17, 15) is 14.7 Å². The van der Waals surface area contributed by atoms with Crippen LogP contribution in [0.25, 0.3) is 0 Å². The van der Waals surface area contributed by atoms with Gasteiger partial charge in [0.15, 0.2) is 0 Å². The molecule has 112 valence electrons. The molecule has 0 fully saturated rings. The fraction of sp³-hybridized carbons (Fsp3) is 0.857. The van der Waals surface area contributed by atoms with Crippen LogP contribution in [0.3, 0.4) is 0 Å². The molecule has 0 saturated heterocycles. The molecule has 0 aliphatic carbocycles. The third kappa shape index (κ3) is 7.15. The first-order chi connectivity index (χ1) is 8.55. The van der Waals surface area contributed by atoms with Crippen LogP contribution in [0.2, 0.25) is 0 Å². The first-order valence-corrected chi connectivity index (χ1v) is 6.82. The first-order valence-electron chi connectivity index (χ1n) is 6.82. The van der Waals surface area contributed by atoms with Crippen molar-refractivity contribution in [3.05, 3.63) is 0 Å². The Balaban J connectivity index is 4.05. The Morgan fingerprint density at radius 3 is 2.11 bits per heavy atom. The van der Waals surface area contributed by atoms with Gasteiger partial charge in [0.2, 0.25) is 11.8 Å². The highest BCUT2D eigenvalue weighted by Crippen LogP contribution is 2.12. The molecule has 5 nitrogen and oxygen atoms in total. The fourth-order valence-corrected chi connectivity index (χ4v) is 1.31. The zero-order chi connectivity index (χ0) is 15.2. The van der Waals surface area contributed by atoms with Crippen LogP contribution in [0.15, 0.2) is 0 Å². The highest BCUT2D eigenvalue weighted by Gasteiger charge is 2.24. The SMILES string of the molecule is CC(NC(=O)C(C)(C)C)C(=O)NCCC(O)C(C)C. The summed E-state index contributed by atoms with van der Waals surface area (Å²) in [5.74, 6) is -0.208. The molecule has 0 aliphatic heterocycles. The number of carbonyl (C=O) groups excluding carboxylic acids is 2. The molecule has 2 amide bonds. The lowest BCUT2D eigenvalue weighted by atomic mass is 9.95. The van der Waals surface area contributed by atoms with Crippen LogP contribution >= 0.6 is 0 Å². The predicted molar refractivity (Wildman–Crippen MR) is 75.5 cm³/mol. The third-order valence-electron chi connectivity index (χ3n) is 2.93. The molecular formula is C14H28N2O3. The predicted octanol–water partition coefficient (Wildman–Crippen LogP) is 1.06. The maximum absolute atomic E-state index is 11.7. The quantitative estimate of drug-likeness (QED) is 0.676. The molecule has 19 heavy (non-hydrogen) atoms. The monoisotopic (exact) mass is 272 g/mol. The average molecular weight is 272 g/mol. The van der Waals surface area contributed by atoms with Gasteiger partial charge in [-0.1, -0.05) is 34.6 Å². The summed E-state index contributed by atoms with van der Waals surface area (Å²) >= 11 is 0. The second kappa shape index (κ2) is 7.48. The van der Waals surface area contributed by atoms with Crippen LogP contribution in [-0.2, 0) is 9.59 Å². The number of carbonyl (C=O) groups is 2. The molecule has 0 aromatic rings. The van der Waals surface area contributed by atoms with Crippen LogP contribution in [0.5, 0.6) is 0 Å². The van der Waals surface area contributed by atoms with E-state index < -0.39 is 17.6 Å². The minimum absolute atomic E-state index is 0.155. The summed E-state index contributed by atoms with van der Waals surface area (Å²) in [4.78, 5) is 23.5. The Morgan fingerprint density at radius 2 is 1.68 bits per heavy atom. The summed E-state index contributed by atoms with van der Waals surface area (Å²) in [5.41, 5.74) is -0.512. The van der Waals surface area contributed by atoms with E-state index >= 15 is 0 Å². The van der Waals surface area contributed by atoms with Gasteiger partial charge in [-0.15, -0.1) is 0 Å². The van der Waals surface area contributed by atoms with Crippen molar-refractivity contribution in [2.45, 2.75) is 60.1 Å². The Bertz CT molecular complexity index is 308. The summed E-state index contributed by atoms with van der Waals surface area (Å²) in [6, 6.07) is -0.567. The number of aliphatic hydroxyl groups excluding tert-OH is 1. The largest absolute Gasteiger partial charge is 0.393 e. The van der Waals surface area contributed by atoms with Crippen molar-refractivity contribution in [2.24, 2.45) is 11.3 Å². The highest BCUT2D eigenvalue weighted by molar-refractivity contribution is 5.89. The zero-order valence-electron chi connectivity index (χ0n) is 12.9. The number of hydrogen-bond donors (Lipinski definition) is 3. The van der Waals surface area contributed by atoms with E-state index in [1.54, 1.807) is 27.7 Å². The fourth-order valence-electron chi connectivity index (χ4n) is 1.31. The molecular weight excluding hydrogens is 244 g/mol. The second-order valence-electron chi connectivity index (χ2n) is 6.34. The molecule has 2 atom stereocenters. The van der Waals surface area contributed by atoms with Crippen LogP contribution in [-0.4, -0.2) is 35.6 Å². The van der Waals surface area contributed by atoms with Crippen molar-refractivity contribution in [3.63, 3.8) is 0 Å². The van der Waals surface area contributed by atoms with Crippen LogP contribution in [0.4, 0.5) is 0 Å². The lowest BCUT2D eigenvalue weighted by Crippen LogP contribution is -2.48. The summed E-state index contributed by atoms with van der Waals surface area (Å²) < 4.78 is 0. The molecule has 5 heteroatoms. The van der Waals surface area contributed by atoms with E-state index in [1.165, 1.54) is 0 Å². The number of rotatable bonds is 6. The van der Waals surface area contributed by atoms with E-state index in [0.717, 1.165) is 0 Å². The van der Waals surface area contributed by atoms with E-state index in [0.29, 0.717) is 13.0 Å². The standard InChI is InChI=1S/C14H28N2O3/c1-9(2)11(17)7-8-15-12(18)10(3)16-13(19)14(4,5)6/h9-11,17H,7-8H2,1-6H3,(H,15,18)(H,16,19). The van der Waals surface area contributed by atoms with Gasteiger partial charge in [-0.3, -0.25) is 9.59 Å². The molecule has 0 spiro atoms. The van der Waals surface area contributed by atoms with Gasteiger partial charge in [0.05, 0.1) is 6.10 Å². The van der Waals surface area contributed by atoms with E-state index in [4.69, 9.17) is 0 Å². The number of aliphatic hydroxyl groups is 1. The van der Waals surface area contributed by atoms with Gasteiger partial charge >= 0.3 is 0 Å². The summed E-state index contributed by atoms with van der Waals surface area (Å²) in [5, 5.41) is 15.0. The Kier molecular flexibility index (Phi) is 7.05. The molecule has 0 aliphatic rings. The molecule has 0 rings (SSSR count). The van der Waals surface area contributed by atoms with Crippen molar-refractivity contribution in [1.82, 2.24) is 10.6 Å². The minimum Gasteiger partial charge on any atom is -0.393 e. The molecule has 3 N–H and O–H groups in total. The summed E-state index contributed by atoms with van der Waals surface area (Å²) in [7, 11) is 0. The Morgan fingerprint density at radius 1 is 1.16 bits per heavy atom. The summed E-state index contributed by atoms with van der Waals surface area (Å²) in [6.45, 7) is 11.3. The zero-order valence-corrected chi connectivity index (χ0v) is 12.9. The van der Waals surface area contributed by atoms with Crippen molar-refractivity contribution in [1.29, 1.82) is 0 Å². The van der Waals surface area contributed by atoms with Crippen molar-refractivity contribution < 1.29 is 14.7 Å². The van der Waals surface area contributed by atoms with Gasteiger partial charge in [0, 0.05) is 12.0 Å². The van der Waals surface area contributed by atoms with Gasteiger partial charge in [-0.2, -0.15) is 0 Å². The van der Waals surface area contributed by atoms with Crippen molar-refractivity contribution in [3.8, 4) is 0 Å². The molecule has 0 heterocycles. The highest BCUT2D eigenvalue weighted by atomic mass is 16.3. The second-order valence-corrected chi connectivity index (χ2v) is 6.34. The molecule has 0 saturated carbocycles. The van der Waals surface area contributed by atoms with Crippen LogP contribution < -0.4 is 10.6 Å². The molecule has 0 radical (unpaired) electrons. The van der Waals surface area contributed by atoms with Gasteiger partial charge in [0.25, 0.3) is 0 Å². The smallest absolute Gasteiger partial charge is 0.242 e. The topological polar surface area (TPSA) is 78.4 Å². The Hall–Kier alpha value is -1.10. The van der Waals surface area contributed by atoms with Crippen molar-refractivity contribution in [2.75, 3.05) is 6.54 Å². The molecule has 0 aromatic heterocycles. The van der Waals surface area contributed by atoms with E-state index in [2.05, 4.69) is 10.6 Å². The van der Waals surface area contributed by atoms with E-state index in [1.807, 2.05) is 13.8 Å². The molecule has 2 unspecified atom stereocenters.